The zero-order valence-corrected chi connectivity index (χ0v) is 12.9. The van der Waals surface area contributed by atoms with Gasteiger partial charge in [-0.15, -0.1) is 0 Å². The Morgan fingerprint density at radius 3 is 2.17 bits per heavy atom. The Kier molecular flexibility index (Phi) is 4.98. The van der Waals surface area contributed by atoms with Gasteiger partial charge in [-0.3, -0.25) is 10.1 Å². The van der Waals surface area contributed by atoms with E-state index in [1.54, 1.807) is 0 Å². The number of aliphatic carboxylic acids is 2. The molecule has 2 rings (SSSR count). The van der Waals surface area contributed by atoms with E-state index >= 15 is 0 Å². The van der Waals surface area contributed by atoms with Gasteiger partial charge in [-0.05, 0) is 6.42 Å². The summed E-state index contributed by atoms with van der Waals surface area (Å²) in [5.41, 5.74) is -0.693. The molecule has 0 radical (unpaired) electrons. The predicted molar refractivity (Wildman–Crippen MR) is 84.3 cm³/mol. The Morgan fingerprint density at radius 1 is 1.17 bits per heavy atom. The molecule has 24 heavy (non-hydrogen) atoms. The van der Waals surface area contributed by atoms with Gasteiger partial charge in [0.25, 0.3) is 5.69 Å². The summed E-state index contributed by atoms with van der Waals surface area (Å²) in [5.74, 6) is -3.84. The summed E-state index contributed by atoms with van der Waals surface area (Å²) in [6, 6.07) is 5.57. The number of nitrogens with zero attached hydrogens (tertiary/aromatic N) is 2. The van der Waals surface area contributed by atoms with Crippen molar-refractivity contribution >= 4 is 17.6 Å². The maximum Gasteiger partial charge on any atom is 0.334 e. The normalized spacial score (nSPS) is 14.8. The van der Waals surface area contributed by atoms with Gasteiger partial charge in [-0.25, -0.2) is 9.59 Å². The summed E-state index contributed by atoms with van der Waals surface area (Å²) in [4.78, 5) is 35.4. The molecular formula is C16H16N2O6. The summed E-state index contributed by atoms with van der Waals surface area (Å²) in [5, 5.41) is 30.2. The molecule has 0 saturated carbocycles. The summed E-state index contributed by atoms with van der Waals surface area (Å²) in [7, 11) is 0. The first-order chi connectivity index (χ1) is 11.4. The number of para-hydroxylation sites is 1. The largest absolute Gasteiger partial charge is 0.478 e. The number of nitro benzene ring substituents is 1. The molecule has 0 saturated heterocycles. The first-order valence-corrected chi connectivity index (χ1v) is 7.25. The van der Waals surface area contributed by atoms with Crippen molar-refractivity contribution in [3.8, 4) is 0 Å². The minimum absolute atomic E-state index is 0.0425. The van der Waals surface area contributed by atoms with Crippen molar-refractivity contribution in [1.82, 2.24) is 4.90 Å². The van der Waals surface area contributed by atoms with Gasteiger partial charge in [0.05, 0.1) is 22.0 Å². The van der Waals surface area contributed by atoms with Crippen molar-refractivity contribution in [3.05, 3.63) is 63.5 Å². The molecule has 8 nitrogen and oxygen atoms in total. The fourth-order valence-electron chi connectivity index (χ4n) is 2.69. The number of rotatable bonds is 6. The van der Waals surface area contributed by atoms with E-state index < -0.39 is 22.8 Å². The van der Waals surface area contributed by atoms with Gasteiger partial charge in [0.1, 0.15) is 0 Å². The molecule has 0 unspecified atom stereocenters. The summed E-state index contributed by atoms with van der Waals surface area (Å²) < 4.78 is 0. The standard InChI is InChI=1S/C16H16N2O6/c1-2-7-17-8-11(15(19)20)14(12(9-17)16(21)22)10-5-3-4-6-13(10)18(23)24/h3-6,8-9,14H,2,7H2,1H3,(H,19,20)(H,21,22). The molecule has 1 aliphatic rings. The van der Waals surface area contributed by atoms with E-state index in [0.717, 1.165) is 0 Å². The quantitative estimate of drug-likeness (QED) is 0.605. The van der Waals surface area contributed by atoms with E-state index in [1.165, 1.54) is 41.6 Å². The highest BCUT2D eigenvalue weighted by Gasteiger charge is 2.37. The molecule has 126 valence electrons. The Hall–Kier alpha value is -3.16. The van der Waals surface area contributed by atoms with Gasteiger partial charge in [0.2, 0.25) is 0 Å². The van der Waals surface area contributed by atoms with Crippen LogP contribution >= 0.6 is 0 Å². The van der Waals surface area contributed by atoms with Gasteiger partial charge < -0.3 is 15.1 Å². The van der Waals surface area contributed by atoms with E-state index in [0.29, 0.717) is 13.0 Å². The molecule has 1 aliphatic heterocycles. The Balaban J connectivity index is 2.66. The highest BCUT2D eigenvalue weighted by Crippen LogP contribution is 2.40. The average molecular weight is 332 g/mol. The van der Waals surface area contributed by atoms with Crippen LogP contribution in [0, 0.1) is 10.1 Å². The molecular weight excluding hydrogens is 316 g/mol. The number of carbonyl (C=O) groups is 2. The third-order valence-corrected chi connectivity index (χ3v) is 3.65. The zero-order valence-electron chi connectivity index (χ0n) is 12.9. The molecule has 0 amide bonds. The number of benzene rings is 1. The Bertz CT molecular complexity index is 721. The van der Waals surface area contributed by atoms with Crippen LogP contribution in [0.3, 0.4) is 0 Å². The lowest BCUT2D eigenvalue weighted by atomic mass is 9.82. The second kappa shape index (κ2) is 6.95. The van der Waals surface area contributed by atoms with E-state index in [4.69, 9.17) is 0 Å². The van der Waals surface area contributed by atoms with Crippen LogP contribution in [0.1, 0.15) is 24.8 Å². The highest BCUT2D eigenvalue weighted by atomic mass is 16.6. The summed E-state index contributed by atoms with van der Waals surface area (Å²) in [6.45, 7) is 2.31. The molecule has 1 heterocycles. The molecule has 0 aliphatic carbocycles. The molecule has 0 atom stereocenters. The van der Waals surface area contributed by atoms with Gasteiger partial charge >= 0.3 is 11.9 Å². The van der Waals surface area contributed by atoms with Crippen molar-refractivity contribution < 1.29 is 24.7 Å². The fourth-order valence-corrected chi connectivity index (χ4v) is 2.69. The van der Waals surface area contributed by atoms with E-state index in [1.807, 2.05) is 6.92 Å². The Labute approximate surface area is 137 Å². The third kappa shape index (κ3) is 3.27. The van der Waals surface area contributed by atoms with E-state index in [2.05, 4.69) is 0 Å². The van der Waals surface area contributed by atoms with E-state index in [9.17, 15) is 29.9 Å². The molecule has 2 N–H and O–H groups in total. The number of nitro groups is 1. The molecule has 0 bridgehead atoms. The highest BCUT2D eigenvalue weighted by molar-refractivity contribution is 5.97. The van der Waals surface area contributed by atoms with Gasteiger partial charge in [-0.2, -0.15) is 0 Å². The molecule has 8 heteroatoms. The second-order valence-electron chi connectivity index (χ2n) is 5.27. The maximum atomic E-state index is 11.7. The first kappa shape index (κ1) is 17.2. The van der Waals surface area contributed by atoms with Gasteiger partial charge in [-0.1, -0.05) is 25.1 Å². The van der Waals surface area contributed by atoms with Crippen molar-refractivity contribution in [3.63, 3.8) is 0 Å². The lowest BCUT2D eigenvalue weighted by molar-refractivity contribution is -0.385. The van der Waals surface area contributed by atoms with Gasteiger partial charge in [0.15, 0.2) is 0 Å². The number of carboxylic acids is 2. The van der Waals surface area contributed by atoms with Crippen molar-refractivity contribution in [2.45, 2.75) is 19.3 Å². The first-order valence-electron chi connectivity index (χ1n) is 7.25. The smallest absolute Gasteiger partial charge is 0.334 e. The number of hydrogen-bond acceptors (Lipinski definition) is 5. The van der Waals surface area contributed by atoms with Crippen LogP contribution in [-0.4, -0.2) is 38.5 Å². The molecule has 0 spiro atoms. The minimum atomic E-state index is -1.31. The molecule has 0 aromatic heterocycles. The molecule has 1 aromatic rings. The lowest BCUT2D eigenvalue weighted by Crippen LogP contribution is -2.28. The molecule has 1 aromatic carbocycles. The monoisotopic (exact) mass is 332 g/mol. The topological polar surface area (TPSA) is 121 Å². The SMILES string of the molecule is CCCN1C=C(C(=O)O)C(c2ccccc2[N+](=O)[O-])C(C(=O)O)=C1. The Morgan fingerprint density at radius 2 is 1.71 bits per heavy atom. The maximum absolute atomic E-state index is 11.7. The number of carboxylic acid groups (broad SMARTS) is 2. The molecule has 0 fully saturated rings. The van der Waals surface area contributed by atoms with Crippen LogP contribution in [0.4, 0.5) is 5.69 Å². The van der Waals surface area contributed by atoms with Crippen LogP contribution in [-0.2, 0) is 9.59 Å². The van der Waals surface area contributed by atoms with E-state index in [-0.39, 0.29) is 22.4 Å². The minimum Gasteiger partial charge on any atom is -0.478 e. The van der Waals surface area contributed by atoms with Crippen LogP contribution < -0.4 is 0 Å². The fraction of sp³-hybridized carbons (Fsp3) is 0.250. The van der Waals surface area contributed by atoms with Crippen molar-refractivity contribution in [1.29, 1.82) is 0 Å². The third-order valence-electron chi connectivity index (χ3n) is 3.65. The van der Waals surface area contributed by atoms with Crippen molar-refractivity contribution in [2.24, 2.45) is 0 Å². The zero-order chi connectivity index (χ0) is 17.9. The summed E-state index contributed by atoms with van der Waals surface area (Å²) in [6.07, 6.45) is 3.35. The van der Waals surface area contributed by atoms with Crippen LogP contribution in [0.5, 0.6) is 0 Å². The van der Waals surface area contributed by atoms with Gasteiger partial charge in [0, 0.05) is 30.6 Å². The average Bonchev–Trinajstić information content (AvgIpc) is 2.54. The summed E-state index contributed by atoms with van der Waals surface area (Å²) >= 11 is 0. The number of hydrogen-bond donors (Lipinski definition) is 2. The van der Waals surface area contributed by atoms with Crippen LogP contribution in [0.2, 0.25) is 0 Å². The lowest BCUT2D eigenvalue weighted by Gasteiger charge is -2.28. The van der Waals surface area contributed by atoms with Crippen molar-refractivity contribution in [2.75, 3.05) is 6.54 Å². The second-order valence-corrected chi connectivity index (χ2v) is 5.27. The predicted octanol–water partition coefficient (Wildman–Crippen LogP) is 2.34. The van der Waals surface area contributed by atoms with Crippen LogP contribution in [0.25, 0.3) is 0 Å². The van der Waals surface area contributed by atoms with Crippen LogP contribution in [0.15, 0.2) is 47.8 Å².